The minimum Gasteiger partial charge on any atom is -0.486 e. The highest BCUT2D eigenvalue weighted by molar-refractivity contribution is 5.65. The summed E-state index contributed by atoms with van der Waals surface area (Å²) in [5.74, 6) is 0.538. The number of rotatable bonds is 6. The van der Waals surface area contributed by atoms with Crippen molar-refractivity contribution in [3.63, 3.8) is 0 Å². The van der Waals surface area contributed by atoms with Crippen LogP contribution in [0.25, 0.3) is 0 Å². The van der Waals surface area contributed by atoms with Gasteiger partial charge in [0.25, 0.3) is 0 Å². The van der Waals surface area contributed by atoms with Gasteiger partial charge in [-0.25, -0.2) is 0 Å². The lowest BCUT2D eigenvalue weighted by molar-refractivity contribution is -0.274. The molecular weight excluding hydrogens is 423 g/mol. The fourth-order valence-corrected chi connectivity index (χ4v) is 4.11. The summed E-state index contributed by atoms with van der Waals surface area (Å²) in [4.78, 5) is 4.47. The van der Waals surface area contributed by atoms with E-state index in [2.05, 4.69) is 20.6 Å². The minimum atomic E-state index is -4.79. The van der Waals surface area contributed by atoms with E-state index in [4.69, 9.17) is 9.47 Å². The molecule has 2 heterocycles. The molecule has 0 aliphatic carbocycles. The maximum atomic E-state index is 12.7. The Morgan fingerprint density at radius 1 is 1.00 bits per heavy atom. The van der Waals surface area contributed by atoms with E-state index in [9.17, 15) is 18.4 Å². The molecule has 9 heteroatoms. The summed E-state index contributed by atoms with van der Waals surface area (Å²) in [7, 11) is 0. The lowest BCUT2D eigenvalue weighted by Gasteiger charge is -2.37. The molecule has 32 heavy (non-hydrogen) atoms. The van der Waals surface area contributed by atoms with Gasteiger partial charge in [-0.15, -0.1) is 13.2 Å². The van der Waals surface area contributed by atoms with Crippen molar-refractivity contribution in [2.24, 2.45) is 0 Å². The van der Waals surface area contributed by atoms with E-state index in [1.54, 1.807) is 6.07 Å². The van der Waals surface area contributed by atoms with Crippen LogP contribution >= 0.6 is 0 Å². The largest absolute Gasteiger partial charge is 0.573 e. The molecule has 0 radical (unpaired) electrons. The molecule has 2 aliphatic rings. The Morgan fingerprint density at radius 2 is 1.75 bits per heavy atom. The fourth-order valence-electron chi connectivity index (χ4n) is 4.11. The molecule has 1 unspecified atom stereocenters. The summed E-state index contributed by atoms with van der Waals surface area (Å²) in [6, 6.07) is 13.9. The number of hydrogen-bond acceptors (Lipinski definition) is 6. The molecule has 0 amide bonds. The second-order valence-corrected chi connectivity index (χ2v) is 7.69. The highest BCUT2D eigenvalue weighted by atomic mass is 19.4. The smallest absolute Gasteiger partial charge is 0.486 e. The zero-order valence-electron chi connectivity index (χ0n) is 17.5. The lowest BCUT2D eigenvalue weighted by atomic mass is 9.96. The Bertz CT molecular complexity index is 969. The Morgan fingerprint density at radius 3 is 2.50 bits per heavy atom. The Balaban J connectivity index is 1.35. The number of para-hydroxylation sites is 2. The van der Waals surface area contributed by atoms with Gasteiger partial charge in [0.2, 0.25) is 0 Å². The third-order valence-corrected chi connectivity index (χ3v) is 5.67. The number of fused-ring (bicyclic) bond motifs is 1. The van der Waals surface area contributed by atoms with Crippen LogP contribution in [-0.2, 0) is 0 Å². The van der Waals surface area contributed by atoms with Crippen LogP contribution in [0.1, 0.15) is 17.9 Å². The molecule has 170 valence electrons. The normalized spacial score (nSPS) is 17.5. The summed E-state index contributed by atoms with van der Waals surface area (Å²) in [5.41, 5.74) is 1.27. The van der Waals surface area contributed by atoms with Gasteiger partial charge >= 0.3 is 6.36 Å². The first kappa shape index (κ1) is 22.1. The summed E-state index contributed by atoms with van der Waals surface area (Å²) in [6.07, 6.45) is -4.37. The van der Waals surface area contributed by atoms with E-state index in [1.807, 2.05) is 18.2 Å². The first-order valence-corrected chi connectivity index (χ1v) is 10.5. The van der Waals surface area contributed by atoms with Gasteiger partial charge in [-0.2, -0.15) is 5.26 Å². The van der Waals surface area contributed by atoms with Crippen LogP contribution in [0.5, 0.6) is 17.2 Å². The maximum Gasteiger partial charge on any atom is 0.573 e. The Labute approximate surface area is 184 Å². The van der Waals surface area contributed by atoms with Crippen molar-refractivity contribution in [2.45, 2.75) is 18.7 Å². The van der Waals surface area contributed by atoms with Crippen molar-refractivity contribution in [1.29, 1.82) is 5.26 Å². The van der Waals surface area contributed by atoms with Gasteiger partial charge < -0.3 is 19.1 Å². The summed E-state index contributed by atoms with van der Waals surface area (Å²) in [5, 5.41) is 9.60. The van der Waals surface area contributed by atoms with Crippen molar-refractivity contribution in [3.05, 3.63) is 48.0 Å². The van der Waals surface area contributed by atoms with E-state index in [-0.39, 0.29) is 11.3 Å². The molecule has 1 saturated heterocycles. The number of nitrogens with zero attached hydrogens (tertiary/aromatic N) is 3. The van der Waals surface area contributed by atoms with E-state index < -0.39 is 12.3 Å². The number of halogens is 3. The average molecular weight is 447 g/mol. The van der Waals surface area contributed by atoms with Crippen molar-refractivity contribution < 1.29 is 27.4 Å². The molecule has 2 aromatic carbocycles. The van der Waals surface area contributed by atoms with Gasteiger partial charge in [0, 0.05) is 31.7 Å². The topological polar surface area (TPSA) is 58.0 Å². The monoisotopic (exact) mass is 447 g/mol. The number of hydrogen-bond donors (Lipinski definition) is 0. The quantitative estimate of drug-likeness (QED) is 0.663. The van der Waals surface area contributed by atoms with Crippen LogP contribution in [0.2, 0.25) is 0 Å². The summed E-state index contributed by atoms with van der Waals surface area (Å²) in [6.45, 7) is 4.81. The zero-order valence-corrected chi connectivity index (χ0v) is 17.5. The van der Waals surface area contributed by atoms with Gasteiger partial charge in [0.05, 0.1) is 17.7 Å². The number of alkyl halides is 3. The molecule has 0 N–H and O–H groups in total. The second-order valence-electron chi connectivity index (χ2n) is 7.69. The van der Waals surface area contributed by atoms with Crippen LogP contribution in [0.4, 0.5) is 18.9 Å². The highest BCUT2D eigenvalue weighted by Crippen LogP contribution is 2.40. The number of anilines is 1. The van der Waals surface area contributed by atoms with Crippen LogP contribution in [0.3, 0.4) is 0 Å². The molecule has 6 nitrogen and oxygen atoms in total. The van der Waals surface area contributed by atoms with Gasteiger partial charge in [-0.05, 0) is 31.2 Å². The SMILES string of the molecule is N#CC(CCN1CCN(c2cccc3c2OCCO3)CC1)c1ccccc1OC(F)(F)F. The van der Waals surface area contributed by atoms with E-state index in [0.717, 1.165) is 43.4 Å². The van der Waals surface area contributed by atoms with E-state index >= 15 is 0 Å². The predicted octanol–water partition coefficient (Wildman–Crippen LogP) is 4.18. The lowest BCUT2D eigenvalue weighted by Crippen LogP contribution is -2.47. The molecular formula is C23H24F3N3O3. The van der Waals surface area contributed by atoms with Crippen LogP contribution < -0.4 is 19.1 Å². The first-order valence-electron chi connectivity index (χ1n) is 10.5. The second kappa shape index (κ2) is 9.57. The molecule has 2 aliphatic heterocycles. The third-order valence-electron chi connectivity index (χ3n) is 5.67. The summed E-state index contributed by atoms with van der Waals surface area (Å²) >= 11 is 0. The third kappa shape index (κ3) is 5.19. The van der Waals surface area contributed by atoms with Crippen molar-refractivity contribution in [1.82, 2.24) is 4.90 Å². The summed E-state index contributed by atoms with van der Waals surface area (Å²) < 4.78 is 53.7. The molecule has 0 bridgehead atoms. The Kier molecular flexibility index (Phi) is 6.61. The highest BCUT2D eigenvalue weighted by Gasteiger charge is 2.33. The minimum absolute atomic E-state index is 0.263. The zero-order chi connectivity index (χ0) is 22.6. The predicted molar refractivity (Wildman–Crippen MR) is 112 cm³/mol. The van der Waals surface area contributed by atoms with Gasteiger partial charge in [-0.3, -0.25) is 4.90 Å². The maximum absolute atomic E-state index is 12.7. The van der Waals surface area contributed by atoms with Gasteiger partial charge in [0.15, 0.2) is 11.5 Å². The first-order chi connectivity index (χ1) is 15.4. The van der Waals surface area contributed by atoms with Crippen LogP contribution in [0.15, 0.2) is 42.5 Å². The molecule has 1 fully saturated rings. The van der Waals surface area contributed by atoms with Crippen molar-refractivity contribution >= 4 is 5.69 Å². The van der Waals surface area contributed by atoms with E-state index in [1.165, 1.54) is 18.2 Å². The van der Waals surface area contributed by atoms with Gasteiger partial charge in [0.1, 0.15) is 19.0 Å². The molecule has 2 aromatic rings. The number of ether oxygens (including phenoxy) is 3. The number of piperazine rings is 1. The van der Waals surface area contributed by atoms with Crippen molar-refractivity contribution in [2.75, 3.05) is 50.8 Å². The molecule has 4 rings (SSSR count). The molecule has 0 saturated carbocycles. The molecule has 0 spiro atoms. The molecule has 0 aromatic heterocycles. The Hall–Kier alpha value is -3.12. The number of benzene rings is 2. The fraction of sp³-hybridized carbons (Fsp3) is 0.435. The van der Waals surface area contributed by atoms with Crippen LogP contribution in [-0.4, -0.2) is 57.2 Å². The molecule has 1 atom stereocenters. The average Bonchev–Trinajstić information content (AvgIpc) is 2.79. The van der Waals surface area contributed by atoms with Crippen LogP contribution in [0, 0.1) is 11.3 Å². The van der Waals surface area contributed by atoms with Gasteiger partial charge in [-0.1, -0.05) is 24.3 Å². The standard InChI is InChI=1S/C23H24F3N3O3/c24-23(25,26)32-20-6-2-1-4-18(20)17(16-27)8-9-28-10-12-29(13-11-28)19-5-3-7-21-22(19)31-15-14-30-21/h1-7,17H,8-15H2. The van der Waals surface area contributed by atoms with E-state index in [0.29, 0.717) is 26.2 Å². The number of nitriles is 1. The van der Waals surface area contributed by atoms with Crippen molar-refractivity contribution in [3.8, 4) is 23.3 Å².